The Kier molecular flexibility index (Phi) is 4.46. The minimum absolute atomic E-state index is 0.320. The molecule has 0 atom stereocenters. The van der Waals surface area contributed by atoms with Crippen molar-refractivity contribution in [2.75, 3.05) is 18.4 Å². The Balaban J connectivity index is 2.45. The molecule has 0 fully saturated rings. The highest BCUT2D eigenvalue weighted by molar-refractivity contribution is 7.80. The molecule has 16 heavy (non-hydrogen) atoms. The molecule has 7 heteroatoms. The topological polar surface area (TPSA) is 106 Å². The molecule has 0 aliphatic rings. The first kappa shape index (κ1) is 12.2. The highest BCUT2D eigenvalue weighted by atomic mass is 32.1. The van der Waals surface area contributed by atoms with Crippen LogP contribution in [0.1, 0.15) is 5.56 Å². The summed E-state index contributed by atoms with van der Waals surface area (Å²) in [5.74, 6) is 0.650. The molecule has 0 radical (unpaired) electrons. The van der Waals surface area contributed by atoms with Crippen LogP contribution in [0, 0.1) is 0 Å². The number of rotatable bonds is 5. The summed E-state index contributed by atoms with van der Waals surface area (Å²) < 4.78 is 0. The number of nitrogens with one attached hydrogen (secondary N) is 2. The van der Waals surface area contributed by atoms with E-state index in [1.54, 1.807) is 18.3 Å². The summed E-state index contributed by atoms with van der Waals surface area (Å²) >= 11 is 4.84. The van der Waals surface area contributed by atoms with Gasteiger partial charge in [-0.25, -0.2) is 9.78 Å². The minimum Gasteiger partial charge on any atom is -0.389 e. The maximum atomic E-state index is 10.4. The van der Waals surface area contributed by atoms with Crippen LogP contribution in [0.5, 0.6) is 0 Å². The number of aromatic nitrogens is 1. The minimum atomic E-state index is -0.549. The number of hydrogen-bond donors (Lipinski definition) is 4. The standard InChI is InChI=1S/C9H13N5OS/c10-8(16)6-1-2-12-7(5-6)13-3-4-14-9(11)15/h1-2,5H,3-4H2,(H2,10,16)(H,12,13)(H3,11,14,15). The van der Waals surface area contributed by atoms with Crippen molar-refractivity contribution in [3.8, 4) is 0 Å². The first-order valence-electron chi connectivity index (χ1n) is 4.62. The molecule has 0 bridgehead atoms. The van der Waals surface area contributed by atoms with Crippen molar-refractivity contribution in [1.82, 2.24) is 10.3 Å². The van der Waals surface area contributed by atoms with E-state index >= 15 is 0 Å². The molecule has 6 nitrogen and oxygen atoms in total. The number of anilines is 1. The molecule has 2 amide bonds. The van der Waals surface area contributed by atoms with Gasteiger partial charge in [-0.3, -0.25) is 0 Å². The molecule has 6 N–H and O–H groups in total. The van der Waals surface area contributed by atoms with E-state index in [-0.39, 0.29) is 0 Å². The van der Waals surface area contributed by atoms with Crippen LogP contribution in [0.15, 0.2) is 18.3 Å². The lowest BCUT2D eigenvalue weighted by Gasteiger charge is -2.06. The quantitative estimate of drug-likeness (QED) is 0.420. The molecule has 1 aromatic heterocycles. The van der Waals surface area contributed by atoms with Crippen LogP contribution in [0.25, 0.3) is 0 Å². The fourth-order valence-electron chi connectivity index (χ4n) is 1.06. The van der Waals surface area contributed by atoms with Crippen LogP contribution in [-0.2, 0) is 0 Å². The van der Waals surface area contributed by atoms with Crippen LogP contribution in [-0.4, -0.2) is 29.1 Å². The normalized spacial score (nSPS) is 9.50. The van der Waals surface area contributed by atoms with Gasteiger partial charge in [0.1, 0.15) is 10.8 Å². The predicted molar refractivity (Wildman–Crippen MR) is 66.2 cm³/mol. The molecule has 0 aliphatic carbocycles. The van der Waals surface area contributed by atoms with E-state index < -0.39 is 6.03 Å². The molecule has 1 aromatic rings. The van der Waals surface area contributed by atoms with Gasteiger partial charge in [-0.2, -0.15) is 0 Å². The zero-order valence-corrected chi connectivity index (χ0v) is 9.38. The SMILES string of the molecule is NC(=O)NCCNc1cc(C(N)=S)ccn1. The molecule has 0 saturated carbocycles. The third-order valence-corrected chi connectivity index (χ3v) is 2.01. The van der Waals surface area contributed by atoms with Crippen molar-refractivity contribution >= 4 is 29.1 Å². The van der Waals surface area contributed by atoms with E-state index in [1.807, 2.05) is 0 Å². The molecule has 1 heterocycles. The summed E-state index contributed by atoms with van der Waals surface area (Å²) in [6.07, 6.45) is 1.61. The molecule has 0 unspecified atom stereocenters. The van der Waals surface area contributed by atoms with E-state index in [9.17, 15) is 4.79 Å². The number of thiocarbonyl (C=S) groups is 1. The lowest BCUT2D eigenvalue weighted by Crippen LogP contribution is -2.33. The van der Waals surface area contributed by atoms with Gasteiger partial charge in [-0.1, -0.05) is 12.2 Å². The second-order valence-electron chi connectivity index (χ2n) is 3.01. The molecule has 0 spiro atoms. The van der Waals surface area contributed by atoms with Gasteiger partial charge in [-0.15, -0.1) is 0 Å². The van der Waals surface area contributed by atoms with Crippen molar-refractivity contribution in [2.45, 2.75) is 0 Å². The molecule has 0 aromatic carbocycles. The molecular formula is C9H13N5OS. The van der Waals surface area contributed by atoms with Crippen molar-refractivity contribution < 1.29 is 4.79 Å². The Morgan fingerprint density at radius 1 is 1.44 bits per heavy atom. The highest BCUT2D eigenvalue weighted by Gasteiger charge is 1.99. The van der Waals surface area contributed by atoms with Gasteiger partial charge >= 0.3 is 6.03 Å². The summed E-state index contributed by atoms with van der Waals surface area (Å²) in [5, 5.41) is 5.45. The third-order valence-electron chi connectivity index (χ3n) is 1.77. The first-order chi connectivity index (χ1) is 7.59. The van der Waals surface area contributed by atoms with Crippen LogP contribution in [0.4, 0.5) is 10.6 Å². The predicted octanol–water partition coefficient (Wildman–Crippen LogP) is -0.204. The second-order valence-corrected chi connectivity index (χ2v) is 3.45. The number of pyridine rings is 1. The molecule has 1 rings (SSSR count). The number of carbonyl (C=O) groups is 1. The monoisotopic (exact) mass is 239 g/mol. The van der Waals surface area contributed by atoms with E-state index in [4.69, 9.17) is 23.7 Å². The van der Waals surface area contributed by atoms with Crippen molar-refractivity contribution in [1.29, 1.82) is 0 Å². The second kappa shape index (κ2) is 5.86. The first-order valence-corrected chi connectivity index (χ1v) is 5.03. The number of carbonyl (C=O) groups excluding carboxylic acids is 1. The van der Waals surface area contributed by atoms with E-state index in [0.717, 1.165) is 5.56 Å². The number of nitrogens with zero attached hydrogens (tertiary/aromatic N) is 1. The van der Waals surface area contributed by atoms with Crippen molar-refractivity contribution in [3.05, 3.63) is 23.9 Å². The third kappa shape index (κ3) is 4.09. The van der Waals surface area contributed by atoms with Gasteiger partial charge in [0, 0.05) is 24.8 Å². The summed E-state index contributed by atoms with van der Waals surface area (Å²) in [7, 11) is 0. The maximum Gasteiger partial charge on any atom is 0.312 e. The smallest absolute Gasteiger partial charge is 0.312 e. The number of nitrogens with two attached hydrogens (primary N) is 2. The fourth-order valence-corrected chi connectivity index (χ4v) is 1.18. The fraction of sp³-hybridized carbons (Fsp3) is 0.222. The zero-order valence-electron chi connectivity index (χ0n) is 8.56. The molecule has 0 aliphatic heterocycles. The van der Waals surface area contributed by atoms with Crippen molar-refractivity contribution in [2.24, 2.45) is 11.5 Å². The van der Waals surface area contributed by atoms with Gasteiger partial charge in [-0.05, 0) is 12.1 Å². The lowest BCUT2D eigenvalue weighted by molar-refractivity contribution is 0.249. The number of hydrogen-bond acceptors (Lipinski definition) is 4. The van der Waals surface area contributed by atoms with Gasteiger partial charge in [0.25, 0.3) is 0 Å². The lowest BCUT2D eigenvalue weighted by atomic mass is 10.2. The Labute approximate surface area is 98.4 Å². The van der Waals surface area contributed by atoms with Gasteiger partial charge in [0.05, 0.1) is 0 Å². The average molecular weight is 239 g/mol. The van der Waals surface area contributed by atoms with Crippen LogP contribution in [0.3, 0.4) is 0 Å². The van der Waals surface area contributed by atoms with E-state index in [1.165, 1.54) is 0 Å². The Morgan fingerprint density at radius 3 is 2.81 bits per heavy atom. The van der Waals surface area contributed by atoms with Crippen LogP contribution >= 0.6 is 12.2 Å². The molecule has 0 saturated heterocycles. The Bertz CT molecular complexity index is 395. The van der Waals surface area contributed by atoms with E-state index in [2.05, 4.69) is 15.6 Å². The number of primary amides is 1. The molecular weight excluding hydrogens is 226 g/mol. The summed E-state index contributed by atoms with van der Waals surface area (Å²) in [6.45, 7) is 0.949. The Morgan fingerprint density at radius 2 is 2.19 bits per heavy atom. The van der Waals surface area contributed by atoms with E-state index in [0.29, 0.717) is 23.9 Å². The van der Waals surface area contributed by atoms with Gasteiger partial charge < -0.3 is 22.1 Å². The zero-order chi connectivity index (χ0) is 12.0. The summed E-state index contributed by atoms with van der Waals surface area (Å²) in [4.78, 5) is 14.8. The van der Waals surface area contributed by atoms with Gasteiger partial charge in [0.15, 0.2) is 0 Å². The number of urea groups is 1. The molecule has 86 valence electrons. The van der Waals surface area contributed by atoms with Gasteiger partial charge in [0.2, 0.25) is 0 Å². The van der Waals surface area contributed by atoms with Crippen LogP contribution < -0.4 is 22.1 Å². The average Bonchev–Trinajstić information content (AvgIpc) is 2.24. The van der Waals surface area contributed by atoms with Crippen LogP contribution in [0.2, 0.25) is 0 Å². The maximum absolute atomic E-state index is 10.4. The highest BCUT2D eigenvalue weighted by Crippen LogP contribution is 2.05. The number of amides is 2. The summed E-state index contributed by atoms with van der Waals surface area (Å²) in [5.41, 5.74) is 11.1. The van der Waals surface area contributed by atoms with Crippen molar-refractivity contribution in [3.63, 3.8) is 0 Å². The largest absolute Gasteiger partial charge is 0.389 e. The Hall–Kier alpha value is -1.89. The summed E-state index contributed by atoms with van der Waals surface area (Å²) in [6, 6.07) is 2.92.